The number of halogens is 1. The van der Waals surface area contributed by atoms with Crippen LogP contribution < -0.4 is 5.73 Å². The first-order valence-electron chi connectivity index (χ1n) is 12.5. The molecule has 200 valence electrons. The molecule has 1 saturated heterocycles. The summed E-state index contributed by atoms with van der Waals surface area (Å²) in [5, 5.41) is 8.04. The Hall–Kier alpha value is -4.05. The molecular weight excluding hydrogens is 487 g/mol. The topological polar surface area (TPSA) is 107 Å². The largest absolute Gasteiger partial charge is 0.383 e. The van der Waals surface area contributed by atoms with Crippen molar-refractivity contribution in [2.75, 3.05) is 26.0 Å². The molecule has 0 spiro atoms. The van der Waals surface area contributed by atoms with Crippen LogP contribution in [0.2, 0.25) is 0 Å². The minimum atomic E-state index is -0.447. The predicted octanol–water partition coefficient (Wildman–Crippen LogP) is 4.23. The van der Waals surface area contributed by atoms with E-state index in [4.69, 9.17) is 10.5 Å². The second-order valence-electron chi connectivity index (χ2n) is 9.73. The van der Waals surface area contributed by atoms with Crippen LogP contribution in [0.25, 0.3) is 21.8 Å². The molecule has 1 unspecified atom stereocenters. The first-order valence-corrected chi connectivity index (χ1v) is 12.5. The van der Waals surface area contributed by atoms with Crippen molar-refractivity contribution in [2.45, 2.75) is 33.7 Å². The van der Waals surface area contributed by atoms with Gasteiger partial charge in [-0.3, -0.25) is 19.3 Å². The minimum absolute atomic E-state index is 0.0971. The lowest BCUT2D eigenvalue weighted by atomic mass is 10.1. The summed E-state index contributed by atoms with van der Waals surface area (Å²) in [6.45, 7) is 7.22. The number of nitrogen functional groups attached to an aromatic ring is 1. The van der Waals surface area contributed by atoms with Gasteiger partial charge in [0.05, 0.1) is 29.2 Å². The van der Waals surface area contributed by atoms with E-state index in [1.54, 1.807) is 55.2 Å². The highest BCUT2D eigenvalue weighted by atomic mass is 19.1. The van der Waals surface area contributed by atoms with E-state index in [2.05, 4.69) is 17.0 Å². The highest BCUT2D eigenvalue weighted by Crippen LogP contribution is 2.28. The fraction of sp³-hybridized carbons (Fsp3) is 0.357. The SMILES string of the molecule is CC(=O)N(C)N(Cc1ccc(C)cc1F)C(=O)c1ccc2nc(N)c3cnn(C)c3c2c1.CC1CCOC1. The van der Waals surface area contributed by atoms with E-state index in [1.807, 2.05) is 0 Å². The summed E-state index contributed by atoms with van der Waals surface area (Å²) in [7, 11) is 3.26. The van der Waals surface area contributed by atoms with E-state index in [1.165, 1.54) is 36.5 Å². The zero-order valence-electron chi connectivity index (χ0n) is 22.4. The van der Waals surface area contributed by atoms with Crippen LogP contribution in [0.4, 0.5) is 10.2 Å². The van der Waals surface area contributed by atoms with Crippen LogP contribution in [-0.2, 0) is 23.1 Å². The number of hydrazine groups is 1. The molecule has 1 aliphatic heterocycles. The van der Waals surface area contributed by atoms with Gasteiger partial charge in [-0.25, -0.2) is 14.4 Å². The monoisotopic (exact) mass is 520 g/mol. The molecule has 38 heavy (non-hydrogen) atoms. The molecule has 2 amide bonds. The molecule has 2 aromatic heterocycles. The van der Waals surface area contributed by atoms with Crippen LogP contribution in [-0.4, -0.2) is 56.9 Å². The summed E-state index contributed by atoms with van der Waals surface area (Å²) in [6.07, 6.45) is 2.89. The number of nitrogens with zero attached hydrogens (tertiary/aromatic N) is 5. The highest BCUT2D eigenvalue weighted by Gasteiger charge is 2.24. The lowest BCUT2D eigenvalue weighted by Gasteiger charge is -2.31. The minimum Gasteiger partial charge on any atom is -0.383 e. The molecule has 4 aromatic rings. The second kappa shape index (κ2) is 11.1. The summed E-state index contributed by atoms with van der Waals surface area (Å²) >= 11 is 0. The van der Waals surface area contributed by atoms with E-state index in [-0.39, 0.29) is 12.5 Å². The first kappa shape index (κ1) is 27.0. The van der Waals surface area contributed by atoms with E-state index < -0.39 is 11.7 Å². The Morgan fingerprint density at radius 3 is 2.58 bits per heavy atom. The van der Waals surface area contributed by atoms with Gasteiger partial charge in [0.15, 0.2) is 0 Å². The average Bonchev–Trinajstić information content (AvgIpc) is 3.52. The van der Waals surface area contributed by atoms with Crippen molar-refractivity contribution in [3.63, 3.8) is 0 Å². The summed E-state index contributed by atoms with van der Waals surface area (Å²) in [6, 6.07) is 9.79. The zero-order chi connectivity index (χ0) is 27.6. The Labute approximate surface area is 220 Å². The normalized spacial score (nSPS) is 14.8. The number of amides is 2. The number of aryl methyl sites for hydroxylation is 2. The van der Waals surface area contributed by atoms with Crippen LogP contribution >= 0.6 is 0 Å². The maximum atomic E-state index is 14.5. The third-order valence-corrected chi connectivity index (χ3v) is 6.69. The van der Waals surface area contributed by atoms with E-state index in [0.717, 1.165) is 30.2 Å². The van der Waals surface area contributed by atoms with Gasteiger partial charge in [0.25, 0.3) is 5.91 Å². The molecule has 2 N–H and O–H groups in total. The van der Waals surface area contributed by atoms with Crippen molar-refractivity contribution < 1.29 is 18.7 Å². The maximum absolute atomic E-state index is 14.5. The van der Waals surface area contributed by atoms with Gasteiger partial charge in [-0.2, -0.15) is 5.10 Å². The number of fused-ring (bicyclic) bond motifs is 3. The van der Waals surface area contributed by atoms with Gasteiger partial charge in [-0.15, -0.1) is 0 Å². The molecule has 0 saturated carbocycles. The smallest absolute Gasteiger partial charge is 0.272 e. The van der Waals surface area contributed by atoms with Gasteiger partial charge in [0.1, 0.15) is 11.6 Å². The van der Waals surface area contributed by atoms with Gasteiger partial charge in [-0.1, -0.05) is 19.1 Å². The fourth-order valence-electron chi connectivity index (χ4n) is 4.32. The van der Waals surface area contributed by atoms with Crippen LogP contribution in [0.15, 0.2) is 42.6 Å². The van der Waals surface area contributed by atoms with Crippen LogP contribution in [0.3, 0.4) is 0 Å². The number of anilines is 1. The number of nitrogens with two attached hydrogens (primary N) is 1. The van der Waals surface area contributed by atoms with Crippen molar-refractivity contribution in [3.8, 4) is 0 Å². The maximum Gasteiger partial charge on any atom is 0.272 e. The Morgan fingerprint density at radius 2 is 1.97 bits per heavy atom. The molecule has 1 aliphatic rings. The Balaban J connectivity index is 0.000000494. The fourth-order valence-corrected chi connectivity index (χ4v) is 4.32. The van der Waals surface area contributed by atoms with Gasteiger partial charge < -0.3 is 10.5 Å². The van der Waals surface area contributed by atoms with Crippen molar-refractivity contribution in [3.05, 3.63) is 65.1 Å². The Bertz CT molecular complexity index is 1500. The molecule has 9 nitrogen and oxygen atoms in total. The zero-order valence-corrected chi connectivity index (χ0v) is 22.4. The predicted molar refractivity (Wildman–Crippen MR) is 144 cm³/mol. The standard InChI is InChI=1S/C23H23FN6O2.C5H10O/c1-13-5-6-16(19(24)9-13)12-30(29(4)14(2)31)23(32)15-7-8-20-17(10-15)21-18(22(25)27-20)11-26-28(21)3;1-5-2-3-6-4-5/h5-11H,12H2,1-4H3,(H2,25,27);5H,2-4H2,1H3. The quantitative estimate of drug-likeness (QED) is 0.405. The van der Waals surface area contributed by atoms with Crippen LogP contribution in [0.5, 0.6) is 0 Å². The first-order chi connectivity index (χ1) is 18.1. The van der Waals surface area contributed by atoms with Crippen LogP contribution in [0, 0.1) is 18.7 Å². The number of rotatable bonds is 3. The number of pyridine rings is 1. The number of benzene rings is 2. The Morgan fingerprint density at radius 1 is 1.21 bits per heavy atom. The molecule has 1 atom stereocenters. The van der Waals surface area contributed by atoms with Crippen molar-refractivity contribution >= 4 is 39.4 Å². The van der Waals surface area contributed by atoms with Crippen LogP contribution in [0.1, 0.15) is 41.8 Å². The van der Waals surface area contributed by atoms with E-state index >= 15 is 0 Å². The summed E-state index contributed by atoms with van der Waals surface area (Å²) in [5.74, 6) is -0.0566. The average molecular weight is 521 g/mol. The number of hydrogen-bond donors (Lipinski definition) is 1. The van der Waals surface area contributed by atoms with Gasteiger partial charge in [0, 0.05) is 50.7 Å². The summed E-state index contributed by atoms with van der Waals surface area (Å²) in [4.78, 5) is 30.0. The summed E-state index contributed by atoms with van der Waals surface area (Å²) < 4.78 is 21.2. The van der Waals surface area contributed by atoms with Gasteiger partial charge >= 0.3 is 0 Å². The molecule has 3 heterocycles. The third kappa shape index (κ3) is 5.60. The number of carbonyl (C=O) groups excluding carboxylic acids is 2. The molecule has 5 rings (SSSR count). The molecule has 0 aliphatic carbocycles. The number of hydrogen-bond acceptors (Lipinski definition) is 6. The molecular formula is C28H33FN6O3. The lowest BCUT2D eigenvalue weighted by Crippen LogP contribution is -2.46. The molecule has 10 heteroatoms. The molecule has 1 fully saturated rings. The number of aromatic nitrogens is 3. The van der Waals surface area contributed by atoms with Crippen molar-refractivity contribution in [1.29, 1.82) is 0 Å². The van der Waals surface area contributed by atoms with E-state index in [0.29, 0.717) is 33.2 Å². The number of carbonyl (C=O) groups is 2. The molecule has 2 aromatic carbocycles. The third-order valence-electron chi connectivity index (χ3n) is 6.69. The molecule has 0 bridgehead atoms. The summed E-state index contributed by atoms with van der Waals surface area (Å²) in [5.41, 5.74) is 8.81. The van der Waals surface area contributed by atoms with E-state index in [9.17, 15) is 14.0 Å². The van der Waals surface area contributed by atoms with Gasteiger partial charge in [-0.05, 0) is 49.1 Å². The lowest BCUT2D eigenvalue weighted by molar-refractivity contribution is -0.140. The van der Waals surface area contributed by atoms with Crippen molar-refractivity contribution in [2.24, 2.45) is 13.0 Å². The van der Waals surface area contributed by atoms with Crippen molar-refractivity contribution in [1.82, 2.24) is 24.8 Å². The highest BCUT2D eigenvalue weighted by molar-refractivity contribution is 6.10. The van der Waals surface area contributed by atoms with Gasteiger partial charge in [0.2, 0.25) is 5.91 Å². The number of ether oxygens (including phenoxy) is 1. The second-order valence-corrected chi connectivity index (χ2v) is 9.73. The molecule has 0 radical (unpaired) electrons. The Kier molecular flexibility index (Phi) is 7.91.